The van der Waals surface area contributed by atoms with Gasteiger partial charge in [-0.05, 0) is 18.2 Å². The number of aromatic nitrogens is 2. The summed E-state index contributed by atoms with van der Waals surface area (Å²) in [5.41, 5.74) is 7.95. The van der Waals surface area contributed by atoms with Gasteiger partial charge in [0.15, 0.2) is 0 Å². The van der Waals surface area contributed by atoms with Crippen molar-refractivity contribution in [3.05, 3.63) is 47.9 Å². The average molecular weight is 295 g/mol. The molecule has 0 saturated carbocycles. The number of nitrogens with one attached hydrogen (secondary N) is 3. The molecule has 110 valence electrons. The van der Waals surface area contributed by atoms with Crippen LogP contribution in [0, 0.1) is 0 Å². The minimum atomic E-state index is -4.30. The zero-order valence-electron chi connectivity index (χ0n) is 10.8. The molecule has 1 atom stereocenters. The third-order valence-electron chi connectivity index (χ3n) is 3.07. The molecule has 3 heterocycles. The molecule has 8 heteroatoms. The first kappa shape index (κ1) is 13.6. The van der Waals surface area contributed by atoms with E-state index in [4.69, 9.17) is 0 Å². The fourth-order valence-electron chi connectivity index (χ4n) is 2.19. The van der Waals surface area contributed by atoms with E-state index in [1.807, 2.05) is 6.07 Å². The highest BCUT2D eigenvalue weighted by atomic mass is 19.4. The molecule has 0 radical (unpaired) electrons. The van der Waals surface area contributed by atoms with Gasteiger partial charge in [0.05, 0.1) is 17.4 Å². The molecule has 0 aromatic carbocycles. The van der Waals surface area contributed by atoms with Gasteiger partial charge >= 0.3 is 6.18 Å². The number of fused-ring (bicyclic) bond motifs is 1. The second-order valence-electron chi connectivity index (χ2n) is 4.55. The van der Waals surface area contributed by atoms with E-state index in [9.17, 15) is 13.2 Å². The van der Waals surface area contributed by atoms with Crippen molar-refractivity contribution in [3.8, 4) is 0 Å². The van der Waals surface area contributed by atoms with E-state index in [-0.39, 0.29) is 11.9 Å². The van der Waals surface area contributed by atoms with Crippen LogP contribution in [0.4, 0.5) is 24.7 Å². The van der Waals surface area contributed by atoms with Gasteiger partial charge in [-0.3, -0.25) is 4.98 Å². The van der Waals surface area contributed by atoms with Gasteiger partial charge in [-0.2, -0.15) is 13.2 Å². The number of alkyl halides is 3. The van der Waals surface area contributed by atoms with Gasteiger partial charge < -0.3 is 10.7 Å². The molecule has 0 bridgehead atoms. The summed E-state index contributed by atoms with van der Waals surface area (Å²) in [6.07, 6.45) is -1.22. The average Bonchev–Trinajstić information content (AvgIpc) is 2.90. The largest absolute Gasteiger partial charge is 0.405 e. The molecule has 2 aromatic heterocycles. The van der Waals surface area contributed by atoms with Crippen LogP contribution in [0.15, 0.2) is 36.7 Å². The molecule has 0 aliphatic carbocycles. The molecule has 0 saturated heterocycles. The Morgan fingerprint density at radius 2 is 2.00 bits per heavy atom. The molecule has 5 nitrogen and oxygen atoms in total. The van der Waals surface area contributed by atoms with Gasteiger partial charge in [0.1, 0.15) is 12.4 Å². The van der Waals surface area contributed by atoms with E-state index in [1.54, 1.807) is 24.4 Å². The molecule has 21 heavy (non-hydrogen) atoms. The van der Waals surface area contributed by atoms with E-state index in [0.29, 0.717) is 16.9 Å². The highest BCUT2D eigenvalue weighted by molar-refractivity contribution is 5.67. The van der Waals surface area contributed by atoms with E-state index in [2.05, 4.69) is 26.1 Å². The predicted molar refractivity (Wildman–Crippen MR) is 71.6 cm³/mol. The lowest BCUT2D eigenvalue weighted by atomic mass is 10.0. The quantitative estimate of drug-likeness (QED) is 0.812. The van der Waals surface area contributed by atoms with Crippen molar-refractivity contribution in [2.75, 3.05) is 17.3 Å². The summed E-state index contributed by atoms with van der Waals surface area (Å²) in [5.74, 6) is 0.193. The lowest BCUT2D eigenvalue weighted by Gasteiger charge is -2.15. The van der Waals surface area contributed by atoms with Crippen LogP contribution in [0.2, 0.25) is 0 Å². The molecule has 1 aliphatic rings. The molecule has 0 amide bonds. The molecule has 1 unspecified atom stereocenters. The molecule has 0 spiro atoms. The molecule has 3 rings (SSSR count). The van der Waals surface area contributed by atoms with Crippen molar-refractivity contribution in [1.82, 2.24) is 15.4 Å². The third-order valence-corrected chi connectivity index (χ3v) is 3.07. The summed E-state index contributed by atoms with van der Waals surface area (Å²) < 4.78 is 37.1. The lowest BCUT2D eigenvalue weighted by molar-refractivity contribution is -0.115. The molecule has 0 fully saturated rings. The normalized spacial score (nSPS) is 17.2. The number of pyridine rings is 2. The Kier molecular flexibility index (Phi) is 3.38. The fraction of sp³-hybridized carbons (Fsp3) is 0.231. The summed E-state index contributed by atoms with van der Waals surface area (Å²) in [4.78, 5) is 8.24. The van der Waals surface area contributed by atoms with Gasteiger partial charge in [-0.1, -0.05) is 6.07 Å². The van der Waals surface area contributed by atoms with Crippen LogP contribution in [0.5, 0.6) is 0 Å². The first-order chi connectivity index (χ1) is 10.0. The van der Waals surface area contributed by atoms with Crippen LogP contribution in [0.1, 0.15) is 17.3 Å². The smallest absolute Gasteiger partial charge is 0.361 e. The summed E-state index contributed by atoms with van der Waals surface area (Å²) in [6, 6.07) is 6.74. The highest BCUT2D eigenvalue weighted by Gasteiger charge is 2.31. The van der Waals surface area contributed by atoms with E-state index >= 15 is 0 Å². The molecule has 1 aliphatic heterocycles. The Labute approximate surface area is 118 Å². The van der Waals surface area contributed by atoms with Gasteiger partial charge in [0, 0.05) is 18.0 Å². The Hall–Kier alpha value is -2.35. The number of anilines is 2. The molecule has 3 N–H and O–H groups in total. The topological polar surface area (TPSA) is 61.9 Å². The van der Waals surface area contributed by atoms with E-state index < -0.39 is 12.7 Å². The monoisotopic (exact) mass is 295 g/mol. The highest BCUT2D eigenvalue weighted by Crippen LogP contribution is 2.36. The SMILES string of the molecule is FC(F)(F)CNc1nccc2c1C(c1ccccn1)NN2. The third kappa shape index (κ3) is 2.89. The number of hydrogen-bond acceptors (Lipinski definition) is 5. The Bertz CT molecular complexity index is 629. The summed E-state index contributed by atoms with van der Waals surface area (Å²) in [7, 11) is 0. The van der Waals surface area contributed by atoms with Crippen molar-refractivity contribution in [2.45, 2.75) is 12.2 Å². The molecular formula is C13H12F3N5. The number of halogens is 3. The van der Waals surface area contributed by atoms with Gasteiger partial charge in [-0.25, -0.2) is 10.4 Å². The van der Waals surface area contributed by atoms with E-state index in [1.165, 1.54) is 6.20 Å². The van der Waals surface area contributed by atoms with Gasteiger partial charge in [0.25, 0.3) is 0 Å². The maximum atomic E-state index is 12.4. The Morgan fingerprint density at radius 1 is 1.14 bits per heavy atom. The van der Waals surface area contributed by atoms with E-state index in [0.717, 1.165) is 0 Å². The zero-order valence-corrected chi connectivity index (χ0v) is 10.8. The van der Waals surface area contributed by atoms with Crippen LogP contribution < -0.4 is 16.2 Å². The first-order valence-corrected chi connectivity index (χ1v) is 6.26. The van der Waals surface area contributed by atoms with Crippen molar-refractivity contribution in [3.63, 3.8) is 0 Å². The summed E-state index contributed by atoms with van der Waals surface area (Å²) >= 11 is 0. The van der Waals surface area contributed by atoms with Crippen LogP contribution in [-0.4, -0.2) is 22.7 Å². The number of hydrazine groups is 1. The van der Waals surface area contributed by atoms with Crippen LogP contribution in [0.3, 0.4) is 0 Å². The Balaban J connectivity index is 1.93. The van der Waals surface area contributed by atoms with Crippen LogP contribution >= 0.6 is 0 Å². The standard InChI is InChI=1S/C13H12F3N5/c14-13(15,16)7-19-12-10-8(4-6-18-12)20-21-11(10)9-3-1-2-5-17-9/h1-6,11,20-21H,7H2,(H,18,19). The number of rotatable bonds is 3. The molecule has 2 aromatic rings. The maximum Gasteiger partial charge on any atom is 0.405 e. The predicted octanol–water partition coefficient (Wildman–Crippen LogP) is 2.47. The van der Waals surface area contributed by atoms with Crippen molar-refractivity contribution < 1.29 is 13.2 Å². The van der Waals surface area contributed by atoms with Gasteiger partial charge in [-0.15, -0.1) is 0 Å². The Morgan fingerprint density at radius 3 is 2.71 bits per heavy atom. The second kappa shape index (κ2) is 5.21. The number of hydrogen-bond donors (Lipinski definition) is 3. The van der Waals surface area contributed by atoms with Crippen LogP contribution in [0.25, 0.3) is 0 Å². The minimum absolute atomic E-state index is 0.193. The first-order valence-electron chi connectivity index (χ1n) is 6.26. The minimum Gasteiger partial charge on any atom is -0.361 e. The fourth-order valence-corrected chi connectivity index (χ4v) is 2.19. The van der Waals surface area contributed by atoms with Crippen LogP contribution in [-0.2, 0) is 0 Å². The summed E-state index contributed by atoms with van der Waals surface area (Å²) in [5, 5.41) is 2.34. The lowest BCUT2D eigenvalue weighted by Crippen LogP contribution is -2.24. The zero-order chi connectivity index (χ0) is 14.9. The maximum absolute atomic E-state index is 12.4. The second-order valence-corrected chi connectivity index (χ2v) is 4.55. The van der Waals surface area contributed by atoms with Gasteiger partial charge in [0.2, 0.25) is 0 Å². The summed E-state index contributed by atoms with van der Waals surface area (Å²) in [6.45, 7) is -1.13. The number of nitrogens with zero attached hydrogens (tertiary/aromatic N) is 2. The molecular weight excluding hydrogens is 283 g/mol. The van der Waals surface area contributed by atoms with Crippen molar-refractivity contribution in [1.29, 1.82) is 0 Å². The van der Waals surface area contributed by atoms with Crippen molar-refractivity contribution in [2.24, 2.45) is 0 Å². The van der Waals surface area contributed by atoms with Crippen molar-refractivity contribution >= 4 is 11.5 Å².